The van der Waals surface area contributed by atoms with Crippen LogP contribution in [0.1, 0.15) is 18.1 Å². The topological polar surface area (TPSA) is 29.3 Å². The van der Waals surface area contributed by atoms with E-state index in [1.165, 1.54) is 15.6 Å². The second-order valence-electron chi connectivity index (χ2n) is 4.92. The molecular weight excluding hydrogens is 264 g/mol. The average Bonchev–Trinajstić information content (AvgIpc) is 2.52. The lowest BCUT2D eigenvalue weighted by atomic mass is 10.1. The summed E-state index contributed by atoms with van der Waals surface area (Å²) in [6, 6.07) is 6.91. The van der Waals surface area contributed by atoms with Crippen molar-refractivity contribution in [1.29, 1.82) is 0 Å². The zero-order chi connectivity index (χ0) is 11.7. The highest BCUT2D eigenvalue weighted by Crippen LogP contribution is 2.21. The molecule has 1 fully saturated rings. The molecule has 0 bridgehead atoms. The van der Waals surface area contributed by atoms with Crippen molar-refractivity contribution in [3.8, 4) is 0 Å². The fourth-order valence-electron chi connectivity index (χ4n) is 2.29. The maximum absolute atomic E-state index is 6.03. The van der Waals surface area contributed by atoms with E-state index in [9.17, 15) is 0 Å². The van der Waals surface area contributed by atoms with Crippen LogP contribution in [0.2, 0.25) is 0 Å². The number of halogens is 1. The van der Waals surface area contributed by atoms with E-state index in [0.717, 1.165) is 19.6 Å². The highest BCUT2D eigenvalue weighted by Gasteiger charge is 2.26. The molecule has 2 atom stereocenters. The van der Waals surface area contributed by atoms with Crippen molar-refractivity contribution in [3.63, 3.8) is 0 Å². The largest absolute Gasteiger partial charge is 0.326 e. The van der Waals surface area contributed by atoms with E-state index in [1.807, 2.05) is 0 Å². The molecule has 0 saturated carbocycles. The quantitative estimate of drug-likeness (QED) is 0.903. The monoisotopic (exact) mass is 282 g/mol. The SMILES string of the molecule is Cc1cc(CN2CC(C)C(N)C2)ccc1Br. The molecular formula is C13H19BrN2. The standard InChI is InChI=1S/C13H19BrN2/c1-9-5-11(3-4-12(9)14)7-16-6-10(2)13(15)8-16/h3-5,10,13H,6-8,15H2,1-2H3. The molecule has 2 N–H and O–H groups in total. The van der Waals surface area contributed by atoms with E-state index in [1.54, 1.807) is 0 Å². The van der Waals surface area contributed by atoms with Gasteiger partial charge in [0.15, 0.2) is 0 Å². The highest BCUT2D eigenvalue weighted by atomic mass is 79.9. The van der Waals surface area contributed by atoms with Crippen LogP contribution in [0.5, 0.6) is 0 Å². The summed E-state index contributed by atoms with van der Waals surface area (Å²) in [5, 5.41) is 0. The van der Waals surface area contributed by atoms with E-state index < -0.39 is 0 Å². The zero-order valence-electron chi connectivity index (χ0n) is 9.91. The van der Waals surface area contributed by atoms with Gasteiger partial charge in [-0.1, -0.05) is 35.0 Å². The molecule has 1 aliphatic rings. The third-order valence-corrected chi connectivity index (χ3v) is 4.26. The first-order chi connectivity index (χ1) is 7.56. The van der Waals surface area contributed by atoms with Gasteiger partial charge in [-0.05, 0) is 30.0 Å². The lowest BCUT2D eigenvalue weighted by Crippen LogP contribution is -2.28. The summed E-state index contributed by atoms with van der Waals surface area (Å²) < 4.78 is 1.18. The second kappa shape index (κ2) is 4.86. The average molecular weight is 283 g/mol. The number of likely N-dealkylation sites (tertiary alicyclic amines) is 1. The summed E-state index contributed by atoms with van der Waals surface area (Å²) in [6.07, 6.45) is 0. The van der Waals surface area contributed by atoms with Crippen LogP contribution >= 0.6 is 15.9 Å². The first kappa shape index (κ1) is 12.1. The fraction of sp³-hybridized carbons (Fsp3) is 0.538. The summed E-state index contributed by atoms with van der Waals surface area (Å²) in [5.74, 6) is 0.622. The lowest BCUT2D eigenvalue weighted by molar-refractivity contribution is 0.319. The molecule has 16 heavy (non-hydrogen) atoms. The van der Waals surface area contributed by atoms with Crippen LogP contribution in [-0.2, 0) is 6.54 Å². The predicted molar refractivity (Wildman–Crippen MR) is 71.3 cm³/mol. The van der Waals surface area contributed by atoms with Crippen LogP contribution in [-0.4, -0.2) is 24.0 Å². The van der Waals surface area contributed by atoms with E-state index in [2.05, 4.69) is 52.9 Å². The molecule has 0 aromatic heterocycles. The Bertz CT molecular complexity index is 368. The van der Waals surface area contributed by atoms with Gasteiger partial charge in [0.25, 0.3) is 0 Å². The molecule has 0 radical (unpaired) electrons. The van der Waals surface area contributed by atoms with Crippen LogP contribution in [0, 0.1) is 12.8 Å². The van der Waals surface area contributed by atoms with Gasteiger partial charge in [-0.25, -0.2) is 0 Å². The van der Waals surface area contributed by atoms with Crippen molar-refractivity contribution in [2.45, 2.75) is 26.4 Å². The van der Waals surface area contributed by atoms with Gasteiger partial charge in [0.1, 0.15) is 0 Å². The highest BCUT2D eigenvalue weighted by molar-refractivity contribution is 9.10. The van der Waals surface area contributed by atoms with Crippen LogP contribution < -0.4 is 5.73 Å². The third-order valence-electron chi connectivity index (χ3n) is 3.37. The predicted octanol–water partition coefficient (Wildman–Crippen LogP) is 2.54. The molecule has 1 aliphatic heterocycles. The molecule has 1 heterocycles. The lowest BCUT2D eigenvalue weighted by Gasteiger charge is -2.15. The Morgan fingerprint density at radius 3 is 2.75 bits per heavy atom. The number of hydrogen-bond donors (Lipinski definition) is 1. The fourth-order valence-corrected chi connectivity index (χ4v) is 2.53. The van der Waals surface area contributed by atoms with E-state index in [4.69, 9.17) is 5.73 Å². The molecule has 2 unspecified atom stereocenters. The second-order valence-corrected chi connectivity index (χ2v) is 5.77. The van der Waals surface area contributed by atoms with Crippen molar-refractivity contribution in [3.05, 3.63) is 33.8 Å². The summed E-state index contributed by atoms with van der Waals surface area (Å²) in [7, 11) is 0. The molecule has 1 saturated heterocycles. The van der Waals surface area contributed by atoms with Gasteiger partial charge in [0.2, 0.25) is 0 Å². The Labute approximate surface area is 106 Å². The van der Waals surface area contributed by atoms with Crippen LogP contribution in [0.4, 0.5) is 0 Å². The summed E-state index contributed by atoms with van der Waals surface area (Å²) in [5.41, 5.74) is 8.70. The minimum Gasteiger partial charge on any atom is -0.326 e. The van der Waals surface area contributed by atoms with Crippen LogP contribution in [0.25, 0.3) is 0 Å². The molecule has 88 valence electrons. The summed E-state index contributed by atoms with van der Waals surface area (Å²) in [4.78, 5) is 2.44. The van der Waals surface area contributed by atoms with Gasteiger partial charge >= 0.3 is 0 Å². The maximum atomic E-state index is 6.03. The number of benzene rings is 1. The molecule has 0 amide bonds. The van der Waals surface area contributed by atoms with Crippen molar-refractivity contribution in [2.24, 2.45) is 11.7 Å². The van der Waals surface area contributed by atoms with Crippen LogP contribution in [0.15, 0.2) is 22.7 Å². The van der Waals surface area contributed by atoms with E-state index >= 15 is 0 Å². The first-order valence-corrected chi connectivity index (χ1v) is 6.58. The van der Waals surface area contributed by atoms with E-state index in [-0.39, 0.29) is 0 Å². The van der Waals surface area contributed by atoms with Crippen molar-refractivity contribution >= 4 is 15.9 Å². The first-order valence-electron chi connectivity index (χ1n) is 5.79. The molecule has 2 rings (SSSR count). The van der Waals surface area contributed by atoms with Gasteiger partial charge in [0, 0.05) is 30.1 Å². The van der Waals surface area contributed by atoms with Gasteiger partial charge < -0.3 is 5.73 Å². The van der Waals surface area contributed by atoms with Gasteiger partial charge in [-0.3, -0.25) is 4.90 Å². The number of nitrogens with zero attached hydrogens (tertiary/aromatic N) is 1. The number of nitrogens with two attached hydrogens (primary N) is 1. The van der Waals surface area contributed by atoms with Crippen molar-refractivity contribution in [1.82, 2.24) is 4.90 Å². The number of hydrogen-bond acceptors (Lipinski definition) is 2. The Kier molecular flexibility index (Phi) is 3.67. The van der Waals surface area contributed by atoms with Crippen LogP contribution in [0.3, 0.4) is 0 Å². The van der Waals surface area contributed by atoms with Gasteiger partial charge in [-0.15, -0.1) is 0 Å². The molecule has 2 nitrogen and oxygen atoms in total. The Morgan fingerprint density at radius 1 is 1.44 bits per heavy atom. The number of rotatable bonds is 2. The Balaban J connectivity index is 2.02. The van der Waals surface area contributed by atoms with Gasteiger partial charge in [-0.2, -0.15) is 0 Å². The molecule has 0 spiro atoms. The minimum absolute atomic E-state index is 0.344. The molecule has 3 heteroatoms. The summed E-state index contributed by atoms with van der Waals surface area (Å²) in [6.45, 7) is 7.53. The Hall–Kier alpha value is -0.380. The summed E-state index contributed by atoms with van der Waals surface area (Å²) >= 11 is 3.53. The molecule has 0 aliphatic carbocycles. The minimum atomic E-state index is 0.344. The molecule has 1 aromatic carbocycles. The van der Waals surface area contributed by atoms with Gasteiger partial charge in [0.05, 0.1) is 0 Å². The smallest absolute Gasteiger partial charge is 0.0234 e. The number of aryl methyl sites for hydroxylation is 1. The zero-order valence-corrected chi connectivity index (χ0v) is 11.5. The maximum Gasteiger partial charge on any atom is 0.0234 e. The normalized spacial score (nSPS) is 26.2. The third kappa shape index (κ3) is 2.65. The molecule has 1 aromatic rings. The van der Waals surface area contributed by atoms with E-state index in [0.29, 0.717) is 12.0 Å². The van der Waals surface area contributed by atoms with Crippen molar-refractivity contribution < 1.29 is 0 Å². The Morgan fingerprint density at radius 2 is 2.19 bits per heavy atom. The van der Waals surface area contributed by atoms with Crippen molar-refractivity contribution in [2.75, 3.05) is 13.1 Å².